The van der Waals surface area contributed by atoms with Crippen LogP contribution in [0.5, 0.6) is 0 Å². The molecular formula is C14H16N4O3S2. The Morgan fingerprint density at radius 1 is 1.35 bits per heavy atom. The number of nitrogens with zero attached hydrogens (tertiary/aromatic N) is 2. The standard InChI is InChI=1S/C14H16N4O3S2/c1-7(19)16-17-10(20)6-22-14-15-12-11(13(21)18(14)2)8-4-3-5-9(8)23-12/h3-6H2,1-2H3,(H,16,19)(H,17,20). The molecule has 0 bridgehead atoms. The number of aromatic nitrogens is 2. The minimum Gasteiger partial charge on any atom is -0.290 e. The number of rotatable bonds is 3. The fourth-order valence-corrected chi connectivity index (χ4v) is 4.63. The number of thiophene rings is 1. The zero-order valence-corrected chi connectivity index (χ0v) is 14.4. The molecule has 0 saturated heterocycles. The number of hydrogen-bond acceptors (Lipinski definition) is 6. The predicted octanol–water partition coefficient (Wildman–Crippen LogP) is 0.743. The van der Waals surface area contributed by atoms with Gasteiger partial charge in [0.05, 0.1) is 11.1 Å². The van der Waals surface area contributed by atoms with Gasteiger partial charge in [0.25, 0.3) is 5.56 Å². The summed E-state index contributed by atoms with van der Waals surface area (Å²) in [7, 11) is 1.67. The predicted molar refractivity (Wildman–Crippen MR) is 89.6 cm³/mol. The van der Waals surface area contributed by atoms with E-state index in [0.717, 1.165) is 35.0 Å². The van der Waals surface area contributed by atoms with Crippen molar-refractivity contribution < 1.29 is 9.59 Å². The van der Waals surface area contributed by atoms with E-state index in [1.807, 2.05) is 0 Å². The first kappa shape index (κ1) is 16.0. The van der Waals surface area contributed by atoms with Gasteiger partial charge in [0.2, 0.25) is 11.8 Å². The Bertz CT molecular complexity index is 856. The Balaban J connectivity index is 1.82. The number of hydrogen-bond donors (Lipinski definition) is 2. The van der Waals surface area contributed by atoms with Crippen molar-refractivity contribution in [1.29, 1.82) is 0 Å². The summed E-state index contributed by atoms with van der Waals surface area (Å²) in [5.41, 5.74) is 5.60. The Hall–Kier alpha value is -1.87. The smallest absolute Gasteiger partial charge is 0.262 e. The number of fused-ring (bicyclic) bond motifs is 3. The summed E-state index contributed by atoms with van der Waals surface area (Å²) in [5, 5.41) is 1.23. The molecule has 23 heavy (non-hydrogen) atoms. The van der Waals surface area contributed by atoms with Crippen LogP contribution in [-0.4, -0.2) is 27.1 Å². The van der Waals surface area contributed by atoms with E-state index in [4.69, 9.17) is 0 Å². The molecule has 2 heterocycles. The molecule has 0 unspecified atom stereocenters. The molecule has 122 valence electrons. The van der Waals surface area contributed by atoms with E-state index in [-0.39, 0.29) is 23.1 Å². The molecule has 2 N–H and O–H groups in total. The molecule has 9 heteroatoms. The number of aryl methyl sites for hydroxylation is 2. The lowest BCUT2D eigenvalue weighted by molar-refractivity contribution is -0.126. The van der Waals surface area contributed by atoms with Crippen LogP contribution in [0.1, 0.15) is 23.8 Å². The first-order chi connectivity index (χ1) is 11.0. The number of thioether (sulfide) groups is 1. The number of hydrazine groups is 1. The monoisotopic (exact) mass is 352 g/mol. The SMILES string of the molecule is CC(=O)NNC(=O)CSc1nc2sc3c(c2c(=O)n1C)CCC3. The summed E-state index contributed by atoms with van der Waals surface area (Å²) in [5.74, 6) is -0.631. The molecule has 3 rings (SSSR count). The average molecular weight is 352 g/mol. The quantitative estimate of drug-likeness (QED) is 0.483. The zero-order valence-electron chi connectivity index (χ0n) is 12.8. The van der Waals surface area contributed by atoms with E-state index in [2.05, 4.69) is 15.8 Å². The fraction of sp³-hybridized carbons (Fsp3) is 0.429. The Morgan fingerprint density at radius 3 is 2.87 bits per heavy atom. The van der Waals surface area contributed by atoms with Gasteiger partial charge in [0, 0.05) is 18.8 Å². The maximum absolute atomic E-state index is 12.6. The first-order valence-corrected chi connectivity index (χ1v) is 8.97. The van der Waals surface area contributed by atoms with E-state index >= 15 is 0 Å². The van der Waals surface area contributed by atoms with Gasteiger partial charge >= 0.3 is 0 Å². The summed E-state index contributed by atoms with van der Waals surface area (Å²) in [6.07, 6.45) is 3.05. The van der Waals surface area contributed by atoms with Crippen molar-refractivity contribution in [2.24, 2.45) is 7.05 Å². The first-order valence-electron chi connectivity index (χ1n) is 7.17. The van der Waals surface area contributed by atoms with Crippen LogP contribution in [-0.2, 0) is 29.5 Å². The summed E-state index contributed by atoms with van der Waals surface area (Å²) < 4.78 is 1.49. The van der Waals surface area contributed by atoms with Crippen molar-refractivity contribution in [2.45, 2.75) is 31.3 Å². The van der Waals surface area contributed by atoms with Gasteiger partial charge in [-0.15, -0.1) is 11.3 Å². The minimum absolute atomic E-state index is 0.0563. The summed E-state index contributed by atoms with van der Waals surface area (Å²) >= 11 is 2.75. The molecular weight excluding hydrogens is 336 g/mol. The molecule has 0 spiro atoms. The van der Waals surface area contributed by atoms with E-state index in [1.54, 1.807) is 18.4 Å². The molecule has 0 saturated carbocycles. The summed E-state index contributed by atoms with van der Waals surface area (Å²) in [6, 6.07) is 0. The molecule has 2 aromatic rings. The van der Waals surface area contributed by atoms with Crippen molar-refractivity contribution in [3.05, 3.63) is 20.8 Å². The van der Waals surface area contributed by atoms with Crippen molar-refractivity contribution in [3.8, 4) is 0 Å². The molecule has 7 nitrogen and oxygen atoms in total. The summed E-state index contributed by atoms with van der Waals surface area (Å²) in [6.45, 7) is 1.31. The summed E-state index contributed by atoms with van der Waals surface area (Å²) in [4.78, 5) is 41.5. The third-order valence-corrected chi connectivity index (χ3v) is 5.83. The zero-order chi connectivity index (χ0) is 16.6. The van der Waals surface area contributed by atoms with Gasteiger partial charge in [-0.2, -0.15) is 0 Å². The van der Waals surface area contributed by atoms with Crippen molar-refractivity contribution in [2.75, 3.05) is 5.75 Å². The van der Waals surface area contributed by atoms with E-state index in [0.29, 0.717) is 5.16 Å². The molecule has 1 aliphatic rings. The highest BCUT2D eigenvalue weighted by molar-refractivity contribution is 7.99. The van der Waals surface area contributed by atoms with Crippen LogP contribution in [0.4, 0.5) is 0 Å². The van der Waals surface area contributed by atoms with Gasteiger partial charge < -0.3 is 0 Å². The van der Waals surface area contributed by atoms with Crippen molar-refractivity contribution in [3.63, 3.8) is 0 Å². The van der Waals surface area contributed by atoms with Crippen LogP contribution in [0.2, 0.25) is 0 Å². The number of carbonyl (C=O) groups is 2. The average Bonchev–Trinajstić information content (AvgIpc) is 3.07. The van der Waals surface area contributed by atoms with E-state index < -0.39 is 0 Å². The Kier molecular flexibility index (Phi) is 4.40. The third kappa shape index (κ3) is 3.11. The van der Waals surface area contributed by atoms with Crippen LogP contribution in [0.3, 0.4) is 0 Å². The minimum atomic E-state index is -0.354. The highest BCUT2D eigenvalue weighted by Gasteiger charge is 2.22. The van der Waals surface area contributed by atoms with Crippen LogP contribution >= 0.6 is 23.1 Å². The van der Waals surface area contributed by atoms with Gasteiger partial charge in [0.15, 0.2) is 5.16 Å². The molecule has 0 aromatic carbocycles. The second-order valence-electron chi connectivity index (χ2n) is 5.31. The van der Waals surface area contributed by atoms with E-state index in [1.165, 1.54) is 28.1 Å². The topological polar surface area (TPSA) is 93.1 Å². The van der Waals surface area contributed by atoms with Gasteiger partial charge in [-0.05, 0) is 24.8 Å². The lowest BCUT2D eigenvalue weighted by atomic mass is 10.2. The van der Waals surface area contributed by atoms with Crippen LogP contribution in [0, 0.1) is 0 Å². The Morgan fingerprint density at radius 2 is 2.13 bits per heavy atom. The normalized spacial score (nSPS) is 13.1. The third-order valence-electron chi connectivity index (χ3n) is 3.62. The second kappa shape index (κ2) is 6.32. The lowest BCUT2D eigenvalue weighted by Gasteiger charge is -2.08. The molecule has 0 fully saturated rings. The van der Waals surface area contributed by atoms with Crippen molar-refractivity contribution in [1.82, 2.24) is 20.4 Å². The number of nitrogens with one attached hydrogen (secondary N) is 2. The van der Waals surface area contributed by atoms with E-state index in [9.17, 15) is 14.4 Å². The molecule has 2 amide bonds. The maximum atomic E-state index is 12.6. The molecule has 1 aliphatic carbocycles. The van der Waals surface area contributed by atoms with Crippen molar-refractivity contribution >= 4 is 45.1 Å². The highest BCUT2D eigenvalue weighted by atomic mass is 32.2. The van der Waals surface area contributed by atoms with Crippen LogP contribution in [0.15, 0.2) is 9.95 Å². The van der Waals surface area contributed by atoms with Crippen LogP contribution in [0.25, 0.3) is 10.2 Å². The number of amides is 2. The fourth-order valence-electron chi connectivity index (χ4n) is 2.56. The van der Waals surface area contributed by atoms with Gasteiger partial charge in [0.1, 0.15) is 4.83 Å². The van der Waals surface area contributed by atoms with Gasteiger partial charge in [-0.1, -0.05) is 11.8 Å². The molecule has 0 atom stereocenters. The van der Waals surface area contributed by atoms with Crippen LogP contribution < -0.4 is 16.4 Å². The molecule has 0 aliphatic heterocycles. The highest BCUT2D eigenvalue weighted by Crippen LogP contribution is 2.35. The molecule has 2 aromatic heterocycles. The second-order valence-corrected chi connectivity index (χ2v) is 7.34. The number of carbonyl (C=O) groups excluding carboxylic acids is 2. The lowest BCUT2D eigenvalue weighted by Crippen LogP contribution is -2.41. The van der Waals surface area contributed by atoms with Gasteiger partial charge in [-0.25, -0.2) is 4.98 Å². The Labute approximate surface area is 140 Å². The largest absolute Gasteiger partial charge is 0.290 e. The molecule has 0 radical (unpaired) electrons. The van der Waals surface area contributed by atoms with Gasteiger partial charge in [-0.3, -0.25) is 29.8 Å². The maximum Gasteiger partial charge on any atom is 0.262 e.